The van der Waals surface area contributed by atoms with Crippen molar-refractivity contribution in [1.82, 2.24) is 14.9 Å². The molecule has 4 N–H and O–H groups in total. The number of nitrogens with two attached hydrogens (primary N) is 2. The SMILES string of the molecule is Nc1cc(N)nc(SCC(=O)N2CCN(c3ccc(Cl)cc3)CC2)n1. The number of halogens is 1. The molecular formula is C16H19ClN6OS. The van der Waals surface area contributed by atoms with E-state index in [1.54, 1.807) is 0 Å². The molecule has 9 heteroatoms. The summed E-state index contributed by atoms with van der Waals surface area (Å²) in [6.07, 6.45) is 0. The van der Waals surface area contributed by atoms with Gasteiger partial charge in [-0.2, -0.15) is 0 Å². The number of anilines is 3. The highest BCUT2D eigenvalue weighted by molar-refractivity contribution is 7.99. The molecule has 1 aromatic carbocycles. The molecule has 2 heterocycles. The van der Waals surface area contributed by atoms with Gasteiger partial charge in [-0.05, 0) is 24.3 Å². The normalized spacial score (nSPS) is 14.6. The molecule has 1 aliphatic heterocycles. The summed E-state index contributed by atoms with van der Waals surface area (Å²) in [6, 6.07) is 9.24. The van der Waals surface area contributed by atoms with Crippen LogP contribution in [0, 0.1) is 0 Å². The largest absolute Gasteiger partial charge is 0.383 e. The summed E-state index contributed by atoms with van der Waals surface area (Å²) < 4.78 is 0. The monoisotopic (exact) mass is 378 g/mol. The summed E-state index contributed by atoms with van der Waals surface area (Å²) in [7, 11) is 0. The number of nitrogen functional groups attached to an aromatic ring is 2. The van der Waals surface area contributed by atoms with Crippen molar-refractivity contribution in [2.24, 2.45) is 0 Å². The number of carbonyl (C=O) groups excluding carboxylic acids is 1. The zero-order valence-corrected chi connectivity index (χ0v) is 15.1. The number of piperazine rings is 1. The van der Waals surface area contributed by atoms with Crippen molar-refractivity contribution >= 4 is 46.6 Å². The Balaban J connectivity index is 1.50. The standard InChI is InChI=1S/C16H19ClN6OS/c17-11-1-3-12(4-2-11)22-5-7-23(8-6-22)15(24)10-25-16-20-13(18)9-14(19)21-16/h1-4,9H,5-8,10H2,(H4,18,19,20,21). The van der Waals surface area contributed by atoms with E-state index in [4.69, 9.17) is 23.1 Å². The van der Waals surface area contributed by atoms with Crippen LogP contribution < -0.4 is 16.4 Å². The second kappa shape index (κ2) is 7.79. The van der Waals surface area contributed by atoms with Gasteiger partial charge in [-0.3, -0.25) is 4.79 Å². The minimum atomic E-state index is 0.0605. The summed E-state index contributed by atoms with van der Waals surface area (Å²) >= 11 is 7.17. The van der Waals surface area contributed by atoms with Crippen LogP contribution in [-0.2, 0) is 4.79 Å². The van der Waals surface area contributed by atoms with Gasteiger partial charge >= 0.3 is 0 Å². The molecule has 0 atom stereocenters. The average Bonchev–Trinajstić information content (AvgIpc) is 2.60. The van der Waals surface area contributed by atoms with Crippen LogP contribution in [0.3, 0.4) is 0 Å². The first kappa shape index (κ1) is 17.6. The Morgan fingerprint density at radius 2 is 1.68 bits per heavy atom. The van der Waals surface area contributed by atoms with Crippen LogP contribution in [0.2, 0.25) is 5.02 Å². The van der Waals surface area contributed by atoms with Crippen molar-refractivity contribution in [3.05, 3.63) is 35.4 Å². The van der Waals surface area contributed by atoms with Crippen molar-refractivity contribution in [3.8, 4) is 0 Å². The van der Waals surface area contributed by atoms with Crippen LogP contribution in [0.4, 0.5) is 17.3 Å². The Morgan fingerprint density at radius 1 is 1.08 bits per heavy atom. The smallest absolute Gasteiger partial charge is 0.233 e. The molecule has 2 aromatic rings. The average molecular weight is 379 g/mol. The number of benzene rings is 1. The number of thioether (sulfide) groups is 1. The number of nitrogens with zero attached hydrogens (tertiary/aromatic N) is 4. The van der Waals surface area contributed by atoms with Crippen molar-refractivity contribution in [2.75, 3.05) is 48.3 Å². The van der Waals surface area contributed by atoms with Crippen molar-refractivity contribution in [2.45, 2.75) is 5.16 Å². The minimum Gasteiger partial charge on any atom is -0.383 e. The number of hydrogen-bond acceptors (Lipinski definition) is 7. The van der Waals surface area contributed by atoms with Crippen LogP contribution >= 0.6 is 23.4 Å². The molecule has 1 fully saturated rings. The van der Waals surface area contributed by atoms with Gasteiger partial charge in [-0.1, -0.05) is 23.4 Å². The Labute approximate surface area is 155 Å². The number of amides is 1. The predicted octanol–water partition coefficient (Wildman–Crippen LogP) is 1.74. The molecule has 0 spiro atoms. The highest BCUT2D eigenvalue weighted by atomic mass is 35.5. The van der Waals surface area contributed by atoms with Crippen molar-refractivity contribution < 1.29 is 4.79 Å². The summed E-state index contributed by atoms with van der Waals surface area (Å²) in [5.41, 5.74) is 12.4. The van der Waals surface area contributed by atoms with E-state index >= 15 is 0 Å². The molecule has 1 aromatic heterocycles. The molecule has 0 bridgehead atoms. The first-order valence-corrected chi connectivity index (χ1v) is 9.19. The first-order chi connectivity index (χ1) is 12.0. The van der Waals surface area contributed by atoms with E-state index in [9.17, 15) is 4.79 Å². The lowest BCUT2D eigenvalue weighted by molar-refractivity contribution is -0.128. The Hall–Kier alpha value is -2.19. The summed E-state index contributed by atoms with van der Waals surface area (Å²) in [5, 5.41) is 1.14. The van der Waals surface area contributed by atoms with Gasteiger partial charge < -0.3 is 21.3 Å². The second-order valence-electron chi connectivity index (χ2n) is 5.63. The van der Waals surface area contributed by atoms with Gasteiger partial charge in [-0.25, -0.2) is 9.97 Å². The zero-order chi connectivity index (χ0) is 17.8. The van der Waals surface area contributed by atoms with Gasteiger partial charge in [0, 0.05) is 43.0 Å². The van der Waals surface area contributed by atoms with Crippen LogP contribution in [-0.4, -0.2) is 52.7 Å². The van der Waals surface area contributed by atoms with E-state index in [1.165, 1.54) is 17.8 Å². The Bertz CT molecular complexity index is 729. The molecule has 0 saturated carbocycles. The van der Waals surface area contributed by atoms with Crippen molar-refractivity contribution in [3.63, 3.8) is 0 Å². The van der Waals surface area contributed by atoms with Crippen LogP contribution in [0.5, 0.6) is 0 Å². The minimum absolute atomic E-state index is 0.0605. The van der Waals surface area contributed by atoms with E-state index in [1.807, 2.05) is 29.2 Å². The van der Waals surface area contributed by atoms with Gasteiger partial charge in [0.2, 0.25) is 5.91 Å². The van der Waals surface area contributed by atoms with Crippen molar-refractivity contribution in [1.29, 1.82) is 0 Å². The Kier molecular flexibility index (Phi) is 5.50. The van der Waals surface area contributed by atoms with Gasteiger partial charge in [0.25, 0.3) is 0 Å². The molecule has 3 rings (SSSR count). The van der Waals surface area contributed by atoms with Gasteiger partial charge in [0.15, 0.2) is 5.16 Å². The first-order valence-electron chi connectivity index (χ1n) is 7.82. The lowest BCUT2D eigenvalue weighted by Gasteiger charge is -2.36. The maximum absolute atomic E-state index is 12.4. The summed E-state index contributed by atoms with van der Waals surface area (Å²) in [5.74, 6) is 0.938. The van der Waals surface area contributed by atoms with E-state index in [0.717, 1.165) is 23.8 Å². The number of aromatic nitrogens is 2. The fourth-order valence-electron chi connectivity index (χ4n) is 2.61. The molecule has 1 amide bonds. The fourth-order valence-corrected chi connectivity index (χ4v) is 3.51. The summed E-state index contributed by atoms with van der Waals surface area (Å²) in [4.78, 5) is 24.6. The van der Waals surface area contributed by atoms with E-state index in [-0.39, 0.29) is 11.7 Å². The van der Waals surface area contributed by atoms with E-state index in [2.05, 4.69) is 14.9 Å². The molecule has 0 radical (unpaired) electrons. The van der Waals surface area contributed by atoms with Crippen LogP contribution in [0.25, 0.3) is 0 Å². The fraction of sp³-hybridized carbons (Fsp3) is 0.312. The lowest BCUT2D eigenvalue weighted by atomic mass is 10.2. The third-order valence-corrected chi connectivity index (χ3v) is 4.98. The van der Waals surface area contributed by atoms with Gasteiger partial charge in [0.05, 0.1) is 5.75 Å². The number of carbonyl (C=O) groups is 1. The Morgan fingerprint density at radius 3 is 2.28 bits per heavy atom. The number of rotatable bonds is 4. The molecule has 25 heavy (non-hydrogen) atoms. The second-order valence-corrected chi connectivity index (χ2v) is 7.01. The lowest BCUT2D eigenvalue weighted by Crippen LogP contribution is -2.49. The van der Waals surface area contributed by atoms with E-state index in [0.29, 0.717) is 29.9 Å². The molecular weight excluding hydrogens is 360 g/mol. The third kappa shape index (κ3) is 4.67. The van der Waals surface area contributed by atoms with Gasteiger partial charge in [0.1, 0.15) is 11.6 Å². The quantitative estimate of drug-likeness (QED) is 0.617. The third-order valence-electron chi connectivity index (χ3n) is 3.89. The molecule has 0 unspecified atom stereocenters. The molecule has 1 saturated heterocycles. The number of hydrogen-bond donors (Lipinski definition) is 2. The molecule has 132 valence electrons. The maximum Gasteiger partial charge on any atom is 0.233 e. The highest BCUT2D eigenvalue weighted by Gasteiger charge is 2.21. The highest BCUT2D eigenvalue weighted by Crippen LogP contribution is 2.21. The van der Waals surface area contributed by atoms with E-state index < -0.39 is 0 Å². The molecule has 1 aliphatic rings. The summed E-state index contributed by atoms with van der Waals surface area (Å²) in [6.45, 7) is 2.95. The predicted molar refractivity (Wildman–Crippen MR) is 102 cm³/mol. The molecule has 0 aliphatic carbocycles. The topological polar surface area (TPSA) is 101 Å². The zero-order valence-electron chi connectivity index (χ0n) is 13.6. The molecule has 7 nitrogen and oxygen atoms in total. The van der Waals surface area contributed by atoms with Crippen LogP contribution in [0.1, 0.15) is 0 Å². The van der Waals surface area contributed by atoms with Gasteiger partial charge in [-0.15, -0.1) is 0 Å². The maximum atomic E-state index is 12.4. The van der Waals surface area contributed by atoms with Crippen LogP contribution in [0.15, 0.2) is 35.5 Å².